The van der Waals surface area contributed by atoms with E-state index in [0.717, 1.165) is 22.5 Å². The molecule has 0 saturated carbocycles. The maximum Gasteiger partial charge on any atom is 0.274 e. The number of anilines is 2. The van der Waals surface area contributed by atoms with Gasteiger partial charge < -0.3 is 10.6 Å². The van der Waals surface area contributed by atoms with E-state index < -0.39 is 0 Å². The Kier molecular flexibility index (Phi) is 4.50. The molecule has 0 bridgehead atoms. The van der Waals surface area contributed by atoms with E-state index in [2.05, 4.69) is 36.4 Å². The number of hydrogen-bond acceptors (Lipinski definition) is 3. The van der Waals surface area contributed by atoms with E-state index in [1.54, 1.807) is 12.3 Å². The summed E-state index contributed by atoms with van der Waals surface area (Å²) in [5.41, 5.74) is 4.20. The Morgan fingerprint density at radius 2 is 1.68 bits per heavy atom. The third kappa shape index (κ3) is 4.07. The fourth-order valence-electron chi connectivity index (χ4n) is 2.22. The Balaban J connectivity index is 2.13. The first-order valence-corrected chi connectivity index (χ1v) is 7.38. The molecule has 1 heterocycles. The zero-order valence-electron chi connectivity index (χ0n) is 13.8. The van der Waals surface area contributed by atoms with Crippen LogP contribution in [0, 0.1) is 13.8 Å². The fourth-order valence-corrected chi connectivity index (χ4v) is 2.22. The average molecular weight is 297 g/mol. The molecular formula is C18H23N3O. The number of para-hydroxylation sites is 1. The lowest BCUT2D eigenvalue weighted by Gasteiger charge is -2.21. The van der Waals surface area contributed by atoms with Crippen LogP contribution >= 0.6 is 0 Å². The van der Waals surface area contributed by atoms with E-state index in [-0.39, 0.29) is 11.4 Å². The second-order valence-electron chi connectivity index (χ2n) is 6.53. The molecule has 0 saturated heterocycles. The predicted molar refractivity (Wildman–Crippen MR) is 91.5 cm³/mol. The van der Waals surface area contributed by atoms with Crippen LogP contribution in [0.25, 0.3) is 0 Å². The SMILES string of the molecule is Cc1cccc(C)c1NC(=O)c1ccc(NC(C)(C)C)cn1. The van der Waals surface area contributed by atoms with Gasteiger partial charge in [-0.3, -0.25) is 4.79 Å². The van der Waals surface area contributed by atoms with Gasteiger partial charge in [0.1, 0.15) is 5.69 Å². The van der Waals surface area contributed by atoms with Crippen molar-refractivity contribution in [3.05, 3.63) is 53.3 Å². The van der Waals surface area contributed by atoms with Gasteiger partial charge in [0.15, 0.2) is 0 Å². The molecule has 0 aliphatic carbocycles. The maximum absolute atomic E-state index is 12.3. The molecule has 4 nitrogen and oxygen atoms in total. The van der Waals surface area contributed by atoms with Gasteiger partial charge in [0.05, 0.1) is 11.9 Å². The molecule has 22 heavy (non-hydrogen) atoms. The molecule has 0 unspecified atom stereocenters. The first-order chi connectivity index (χ1) is 10.3. The smallest absolute Gasteiger partial charge is 0.274 e. The number of amides is 1. The molecular weight excluding hydrogens is 274 g/mol. The number of carbonyl (C=O) groups excluding carboxylic acids is 1. The standard InChI is InChI=1S/C18H23N3O/c1-12-7-6-8-13(2)16(12)20-17(22)15-10-9-14(11-19-15)21-18(3,4)5/h6-11,21H,1-5H3,(H,20,22). The normalized spacial score (nSPS) is 11.1. The van der Waals surface area contributed by atoms with E-state index in [1.165, 1.54) is 0 Å². The molecule has 0 fully saturated rings. The number of pyridine rings is 1. The number of aryl methyl sites for hydroxylation is 2. The molecule has 0 aliphatic heterocycles. The zero-order chi connectivity index (χ0) is 16.3. The highest BCUT2D eigenvalue weighted by Gasteiger charge is 2.13. The number of aromatic nitrogens is 1. The maximum atomic E-state index is 12.3. The second-order valence-corrected chi connectivity index (χ2v) is 6.53. The van der Waals surface area contributed by atoms with Crippen molar-refractivity contribution in [2.75, 3.05) is 10.6 Å². The third-order valence-corrected chi connectivity index (χ3v) is 3.24. The van der Waals surface area contributed by atoms with Gasteiger partial charge in [-0.25, -0.2) is 4.98 Å². The summed E-state index contributed by atoms with van der Waals surface area (Å²) in [5.74, 6) is -0.195. The summed E-state index contributed by atoms with van der Waals surface area (Å²) in [6.07, 6.45) is 1.69. The Labute approximate surface area is 132 Å². The Morgan fingerprint density at radius 1 is 1.05 bits per heavy atom. The number of hydrogen-bond donors (Lipinski definition) is 2. The summed E-state index contributed by atoms with van der Waals surface area (Å²) in [5, 5.41) is 6.26. The van der Waals surface area contributed by atoms with Crippen molar-refractivity contribution in [1.82, 2.24) is 4.98 Å². The van der Waals surface area contributed by atoms with Crippen LogP contribution in [-0.2, 0) is 0 Å². The molecule has 2 N–H and O–H groups in total. The minimum Gasteiger partial charge on any atom is -0.379 e. The highest BCUT2D eigenvalue weighted by molar-refractivity contribution is 6.03. The predicted octanol–water partition coefficient (Wildman–Crippen LogP) is 4.16. The van der Waals surface area contributed by atoms with Crippen LogP contribution in [0.3, 0.4) is 0 Å². The molecule has 0 spiro atoms. The van der Waals surface area contributed by atoms with Gasteiger partial charge >= 0.3 is 0 Å². The zero-order valence-corrected chi connectivity index (χ0v) is 13.8. The summed E-state index contributed by atoms with van der Waals surface area (Å²) >= 11 is 0. The summed E-state index contributed by atoms with van der Waals surface area (Å²) in [4.78, 5) is 16.6. The quantitative estimate of drug-likeness (QED) is 0.894. The van der Waals surface area contributed by atoms with E-state index in [1.807, 2.05) is 38.1 Å². The first-order valence-electron chi connectivity index (χ1n) is 7.38. The van der Waals surface area contributed by atoms with Crippen molar-refractivity contribution in [2.24, 2.45) is 0 Å². The van der Waals surface area contributed by atoms with Gasteiger partial charge in [0.2, 0.25) is 0 Å². The Bertz CT molecular complexity index is 649. The van der Waals surface area contributed by atoms with Crippen molar-refractivity contribution >= 4 is 17.3 Å². The number of nitrogens with one attached hydrogen (secondary N) is 2. The van der Waals surface area contributed by atoms with Crippen LogP contribution in [0.4, 0.5) is 11.4 Å². The van der Waals surface area contributed by atoms with E-state index in [4.69, 9.17) is 0 Å². The van der Waals surface area contributed by atoms with E-state index in [9.17, 15) is 4.79 Å². The molecule has 0 radical (unpaired) electrons. The van der Waals surface area contributed by atoms with E-state index >= 15 is 0 Å². The van der Waals surface area contributed by atoms with Crippen molar-refractivity contribution in [3.63, 3.8) is 0 Å². The molecule has 1 aromatic carbocycles. The molecule has 0 aliphatic rings. The fraction of sp³-hybridized carbons (Fsp3) is 0.333. The Hall–Kier alpha value is -2.36. The van der Waals surface area contributed by atoms with Gasteiger partial charge in [-0.2, -0.15) is 0 Å². The number of rotatable bonds is 3. The van der Waals surface area contributed by atoms with Crippen molar-refractivity contribution in [2.45, 2.75) is 40.2 Å². The van der Waals surface area contributed by atoms with E-state index in [0.29, 0.717) is 5.69 Å². The molecule has 4 heteroatoms. The van der Waals surface area contributed by atoms with Gasteiger partial charge in [-0.05, 0) is 57.9 Å². The summed E-state index contributed by atoms with van der Waals surface area (Å²) in [6, 6.07) is 9.54. The van der Waals surface area contributed by atoms with Gasteiger partial charge in [-0.1, -0.05) is 18.2 Å². The molecule has 116 valence electrons. The van der Waals surface area contributed by atoms with Crippen molar-refractivity contribution < 1.29 is 4.79 Å². The second kappa shape index (κ2) is 6.18. The summed E-state index contributed by atoms with van der Waals surface area (Å²) in [6.45, 7) is 10.2. The average Bonchev–Trinajstić information content (AvgIpc) is 2.42. The number of nitrogens with zero attached hydrogens (tertiary/aromatic N) is 1. The summed E-state index contributed by atoms with van der Waals surface area (Å²) in [7, 11) is 0. The van der Waals surface area contributed by atoms with Gasteiger partial charge in [-0.15, -0.1) is 0 Å². The topological polar surface area (TPSA) is 54.0 Å². The first kappa shape index (κ1) is 16.0. The molecule has 1 aromatic heterocycles. The largest absolute Gasteiger partial charge is 0.379 e. The lowest BCUT2D eigenvalue weighted by atomic mass is 10.1. The molecule has 2 rings (SSSR count). The number of benzene rings is 1. The van der Waals surface area contributed by atoms with Crippen LogP contribution < -0.4 is 10.6 Å². The van der Waals surface area contributed by atoms with Crippen LogP contribution in [-0.4, -0.2) is 16.4 Å². The van der Waals surface area contributed by atoms with Crippen molar-refractivity contribution in [3.8, 4) is 0 Å². The minimum absolute atomic E-state index is 0.0380. The van der Waals surface area contributed by atoms with Crippen LogP contribution in [0.5, 0.6) is 0 Å². The molecule has 2 aromatic rings. The van der Waals surface area contributed by atoms with Crippen LogP contribution in [0.15, 0.2) is 36.5 Å². The van der Waals surface area contributed by atoms with Crippen LogP contribution in [0.2, 0.25) is 0 Å². The van der Waals surface area contributed by atoms with Gasteiger partial charge in [0.25, 0.3) is 5.91 Å². The highest BCUT2D eigenvalue weighted by atomic mass is 16.1. The molecule has 0 atom stereocenters. The summed E-state index contributed by atoms with van der Waals surface area (Å²) < 4.78 is 0. The Morgan fingerprint density at radius 3 is 2.18 bits per heavy atom. The minimum atomic E-state index is -0.195. The lowest BCUT2D eigenvalue weighted by molar-refractivity contribution is 0.102. The van der Waals surface area contributed by atoms with Crippen LogP contribution in [0.1, 0.15) is 42.4 Å². The number of carbonyl (C=O) groups is 1. The van der Waals surface area contributed by atoms with Crippen molar-refractivity contribution in [1.29, 1.82) is 0 Å². The third-order valence-electron chi connectivity index (χ3n) is 3.24. The lowest BCUT2D eigenvalue weighted by Crippen LogP contribution is -2.26. The van der Waals surface area contributed by atoms with Gasteiger partial charge in [0, 0.05) is 11.2 Å². The molecule has 1 amide bonds. The highest BCUT2D eigenvalue weighted by Crippen LogP contribution is 2.20. The monoisotopic (exact) mass is 297 g/mol.